The van der Waals surface area contributed by atoms with Crippen molar-refractivity contribution in [2.24, 2.45) is 4.99 Å². The molecule has 0 saturated carbocycles. The van der Waals surface area contributed by atoms with E-state index in [0.717, 1.165) is 33.8 Å². The van der Waals surface area contributed by atoms with Crippen LogP contribution in [0.5, 0.6) is 0 Å². The molecule has 6 rings (SSSR count). The summed E-state index contributed by atoms with van der Waals surface area (Å²) in [5.41, 5.74) is 6.05. The highest BCUT2D eigenvalue weighted by Gasteiger charge is 2.30. The zero-order valence-corrected chi connectivity index (χ0v) is 17.2. The Morgan fingerprint density at radius 3 is 2.12 bits per heavy atom. The SMILES string of the molecule is c1ccc(C2=Nc3nnnn3C(c3cn(-c4ccccc4)nc3-c3ccccc3)C2)cc1. The summed E-state index contributed by atoms with van der Waals surface area (Å²) in [4.78, 5) is 4.74. The largest absolute Gasteiger partial charge is 0.269 e. The first-order valence-corrected chi connectivity index (χ1v) is 10.5. The summed E-state index contributed by atoms with van der Waals surface area (Å²) in [5, 5.41) is 17.3. The van der Waals surface area contributed by atoms with Crippen LogP contribution in [0.4, 0.5) is 5.95 Å². The highest BCUT2D eigenvalue weighted by molar-refractivity contribution is 6.02. The number of hydrogen-bond acceptors (Lipinski definition) is 5. The summed E-state index contributed by atoms with van der Waals surface area (Å²) >= 11 is 0. The monoisotopic (exact) mass is 417 g/mol. The minimum absolute atomic E-state index is 0.125. The van der Waals surface area contributed by atoms with E-state index in [1.807, 2.05) is 71.4 Å². The summed E-state index contributed by atoms with van der Waals surface area (Å²) in [6.45, 7) is 0. The van der Waals surface area contributed by atoms with Crippen LogP contribution < -0.4 is 0 Å². The van der Waals surface area contributed by atoms with Crippen molar-refractivity contribution in [3.8, 4) is 16.9 Å². The maximum Gasteiger partial charge on any atom is 0.269 e. The molecule has 1 unspecified atom stereocenters. The third-order valence-electron chi connectivity index (χ3n) is 5.67. The number of fused-ring (bicyclic) bond motifs is 1. The van der Waals surface area contributed by atoms with Gasteiger partial charge >= 0.3 is 0 Å². The van der Waals surface area contributed by atoms with Gasteiger partial charge in [-0.1, -0.05) is 84.0 Å². The molecule has 0 bridgehead atoms. The maximum absolute atomic E-state index is 4.98. The molecular formula is C25H19N7. The predicted octanol–water partition coefficient (Wildman–Crippen LogP) is 4.64. The van der Waals surface area contributed by atoms with Crippen LogP contribution in [0.15, 0.2) is 102 Å². The number of hydrogen-bond donors (Lipinski definition) is 0. The smallest absolute Gasteiger partial charge is 0.240 e. The van der Waals surface area contributed by atoms with Crippen molar-refractivity contribution < 1.29 is 0 Å². The fraction of sp³-hybridized carbons (Fsp3) is 0.0800. The third kappa shape index (κ3) is 3.20. The van der Waals surface area contributed by atoms with Crippen molar-refractivity contribution >= 4 is 11.7 Å². The lowest BCUT2D eigenvalue weighted by Gasteiger charge is -2.22. The number of nitrogens with zero attached hydrogens (tertiary/aromatic N) is 7. The normalized spacial score (nSPS) is 15.2. The fourth-order valence-electron chi connectivity index (χ4n) is 4.12. The van der Waals surface area contributed by atoms with Gasteiger partial charge < -0.3 is 0 Å². The standard InChI is InChI=1S/C25H19N7/c1-4-10-18(11-5-1)22-16-23(32-25(26-22)27-29-30-32)21-17-31(20-14-8-3-9-15-20)28-24(21)19-12-6-2-7-13-19/h1-15,17,23H,16H2. The van der Waals surface area contributed by atoms with Crippen LogP contribution in [0, 0.1) is 0 Å². The van der Waals surface area contributed by atoms with Crippen molar-refractivity contribution in [1.29, 1.82) is 0 Å². The number of benzene rings is 3. The molecule has 0 spiro atoms. The molecule has 0 fully saturated rings. The van der Waals surface area contributed by atoms with Crippen LogP contribution in [-0.4, -0.2) is 35.7 Å². The molecular weight excluding hydrogens is 398 g/mol. The number of aromatic nitrogens is 6. The third-order valence-corrected chi connectivity index (χ3v) is 5.67. The van der Waals surface area contributed by atoms with E-state index >= 15 is 0 Å². The molecule has 154 valence electrons. The van der Waals surface area contributed by atoms with Crippen LogP contribution >= 0.6 is 0 Å². The van der Waals surface area contributed by atoms with E-state index in [1.165, 1.54) is 0 Å². The van der Waals surface area contributed by atoms with E-state index in [0.29, 0.717) is 12.4 Å². The van der Waals surface area contributed by atoms with Gasteiger partial charge in [0.1, 0.15) is 0 Å². The molecule has 3 aromatic carbocycles. The molecule has 2 aromatic heterocycles. The maximum atomic E-state index is 4.98. The topological polar surface area (TPSA) is 73.8 Å². The average molecular weight is 417 g/mol. The second kappa shape index (κ2) is 7.70. The van der Waals surface area contributed by atoms with E-state index < -0.39 is 0 Å². The lowest BCUT2D eigenvalue weighted by atomic mass is 9.94. The van der Waals surface area contributed by atoms with Gasteiger partial charge in [0, 0.05) is 23.7 Å². The van der Waals surface area contributed by atoms with E-state index in [-0.39, 0.29) is 6.04 Å². The number of para-hydroxylation sites is 1. The summed E-state index contributed by atoms with van der Waals surface area (Å²) < 4.78 is 3.72. The van der Waals surface area contributed by atoms with E-state index in [9.17, 15) is 0 Å². The number of tetrazole rings is 1. The van der Waals surface area contributed by atoms with Gasteiger partial charge in [-0.3, -0.25) is 0 Å². The summed E-state index contributed by atoms with van der Waals surface area (Å²) in [6.07, 6.45) is 2.75. The Bertz CT molecular complexity index is 1390. The van der Waals surface area contributed by atoms with Crippen LogP contribution in [0.2, 0.25) is 0 Å². The van der Waals surface area contributed by atoms with Gasteiger partial charge in [-0.25, -0.2) is 14.4 Å². The quantitative estimate of drug-likeness (QED) is 0.427. The second-order valence-corrected chi connectivity index (χ2v) is 7.65. The van der Waals surface area contributed by atoms with Gasteiger partial charge in [-0.05, 0) is 28.1 Å². The van der Waals surface area contributed by atoms with Gasteiger partial charge in [-0.15, -0.1) is 0 Å². The Balaban J connectivity index is 1.52. The molecule has 0 aliphatic carbocycles. The molecule has 1 aliphatic heterocycles. The second-order valence-electron chi connectivity index (χ2n) is 7.65. The molecule has 0 N–H and O–H groups in total. The highest BCUT2D eigenvalue weighted by atomic mass is 15.6. The number of aliphatic imine (C=N–C) groups is 1. The van der Waals surface area contributed by atoms with Gasteiger partial charge in [0.05, 0.1) is 23.1 Å². The van der Waals surface area contributed by atoms with Crippen molar-refractivity contribution in [1.82, 2.24) is 30.0 Å². The lowest BCUT2D eigenvalue weighted by molar-refractivity contribution is 0.515. The first-order valence-electron chi connectivity index (χ1n) is 10.5. The van der Waals surface area contributed by atoms with Crippen molar-refractivity contribution in [2.75, 3.05) is 0 Å². The summed E-state index contributed by atoms with van der Waals surface area (Å²) in [5.74, 6) is 0.506. The molecule has 7 heteroatoms. The predicted molar refractivity (Wildman–Crippen MR) is 122 cm³/mol. The molecule has 3 heterocycles. The molecule has 1 aliphatic rings. The lowest BCUT2D eigenvalue weighted by Crippen LogP contribution is -2.21. The zero-order chi connectivity index (χ0) is 21.3. The highest BCUT2D eigenvalue weighted by Crippen LogP contribution is 2.37. The van der Waals surface area contributed by atoms with E-state index in [4.69, 9.17) is 10.1 Å². The Morgan fingerprint density at radius 1 is 0.750 bits per heavy atom. The van der Waals surface area contributed by atoms with Gasteiger partial charge in [0.2, 0.25) is 0 Å². The molecule has 0 radical (unpaired) electrons. The van der Waals surface area contributed by atoms with Crippen molar-refractivity contribution in [2.45, 2.75) is 12.5 Å². The Kier molecular flexibility index (Phi) is 4.42. The van der Waals surface area contributed by atoms with Gasteiger partial charge in [0.15, 0.2) is 0 Å². The summed E-state index contributed by atoms with van der Waals surface area (Å²) in [6, 6.07) is 30.4. The minimum atomic E-state index is -0.125. The van der Waals surface area contributed by atoms with Gasteiger partial charge in [0.25, 0.3) is 5.95 Å². The van der Waals surface area contributed by atoms with Crippen molar-refractivity contribution in [3.63, 3.8) is 0 Å². The summed E-state index contributed by atoms with van der Waals surface area (Å²) in [7, 11) is 0. The van der Waals surface area contributed by atoms with Crippen LogP contribution in [0.1, 0.15) is 23.6 Å². The van der Waals surface area contributed by atoms with Crippen LogP contribution in [-0.2, 0) is 0 Å². The number of rotatable bonds is 4. The Hall–Kier alpha value is -4.39. The average Bonchev–Trinajstić information content (AvgIpc) is 3.53. The molecule has 7 nitrogen and oxygen atoms in total. The first kappa shape index (κ1) is 18.4. The molecule has 1 atom stereocenters. The first-order chi connectivity index (χ1) is 15.9. The minimum Gasteiger partial charge on any atom is -0.240 e. The van der Waals surface area contributed by atoms with Crippen LogP contribution in [0.3, 0.4) is 0 Å². The molecule has 32 heavy (non-hydrogen) atoms. The van der Waals surface area contributed by atoms with Crippen molar-refractivity contribution in [3.05, 3.63) is 108 Å². The Labute approximate surface area is 184 Å². The van der Waals surface area contributed by atoms with E-state index in [1.54, 1.807) is 4.68 Å². The molecule has 5 aromatic rings. The molecule has 0 saturated heterocycles. The van der Waals surface area contributed by atoms with Crippen LogP contribution in [0.25, 0.3) is 16.9 Å². The zero-order valence-electron chi connectivity index (χ0n) is 17.2. The fourth-order valence-corrected chi connectivity index (χ4v) is 4.12. The van der Waals surface area contributed by atoms with E-state index in [2.05, 4.69) is 46.0 Å². The van der Waals surface area contributed by atoms with Gasteiger partial charge in [-0.2, -0.15) is 5.10 Å². The molecule has 0 amide bonds. The Morgan fingerprint density at radius 2 is 1.41 bits per heavy atom.